The van der Waals surface area contributed by atoms with Gasteiger partial charge in [-0.25, -0.2) is 4.99 Å². The third-order valence-corrected chi connectivity index (χ3v) is 4.17. The average molecular weight is 364 g/mol. The smallest absolute Gasteiger partial charge is 0.229 e. The first-order valence-electron chi connectivity index (χ1n) is 8.98. The average Bonchev–Trinajstić information content (AvgIpc) is 3.03. The molecule has 1 aromatic heterocycles. The number of hydrogen-bond donors (Lipinski definition) is 3. The van der Waals surface area contributed by atoms with E-state index in [2.05, 4.69) is 15.6 Å². The van der Waals surface area contributed by atoms with Crippen LogP contribution >= 0.6 is 0 Å². The normalized spacial score (nSPS) is 18.0. The second kappa shape index (κ2) is 8.84. The molecule has 1 unspecified atom stereocenters. The van der Waals surface area contributed by atoms with Crippen molar-refractivity contribution < 1.29 is 19.1 Å². The van der Waals surface area contributed by atoms with Gasteiger partial charge in [0.1, 0.15) is 17.1 Å². The minimum Gasteiger partial charge on any atom is -0.463 e. The van der Waals surface area contributed by atoms with Crippen molar-refractivity contribution in [2.75, 3.05) is 26.2 Å². The molecule has 2 heterocycles. The summed E-state index contributed by atoms with van der Waals surface area (Å²) in [5.41, 5.74) is -1.23. The molecule has 8 heteroatoms. The third-order valence-electron chi connectivity index (χ3n) is 4.17. The number of aliphatic imine (C=N–C) groups is 1. The summed E-state index contributed by atoms with van der Waals surface area (Å²) < 4.78 is 5.48. The number of carbonyl (C=O) groups is 2. The second-order valence-electron chi connectivity index (χ2n) is 6.60. The van der Waals surface area contributed by atoms with Crippen LogP contribution in [0.3, 0.4) is 0 Å². The first-order valence-corrected chi connectivity index (χ1v) is 8.98. The number of likely N-dealkylation sites (tertiary alicyclic amines) is 1. The first kappa shape index (κ1) is 20.0. The van der Waals surface area contributed by atoms with Crippen molar-refractivity contribution in [1.82, 2.24) is 15.5 Å². The molecule has 1 aliphatic heterocycles. The van der Waals surface area contributed by atoms with E-state index in [1.807, 2.05) is 13.8 Å². The summed E-state index contributed by atoms with van der Waals surface area (Å²) in [6.07, 6.45) is 1.48. The molecule has 0 aromatic carbocycles. The molecule has 0 saturated carbocycles. The molecule has 1 atom stereocenters. The van der Waals surface area contributed by atoms with Gasteiger partial charge in [-0.3, -0.25) is 14.5 Å². The van der Waals surface area contributed by atoms with Crippen LogP contribution in [0.5, 0.6) is 0 Å². The first-order chi connectivity index (χ1) is 12.3. The number of rotatable bonds is 7. The number of piperidine rings is 1. The molecule has 1 aromatic rings. The van der Waals surface area contributed by atoms with Crippen LogP contribution in [-0.4, -0.2) is 54.0 Å². The van der Waals surface area contributed by atoms with E-state index < -0.39 is 5.60 Å². The van der Waals surface area contributed by atoms with Gasteiger partial charge in [-0.05, 0) is 39.3 Å². The Kier molecular flexibility index (Phi) is 6.79. The summed E-state index contributed by atoms with van der Waals surface area (Å²) in [7, 11) is 0. The van der Waals surface area contributed by atoms with Gasteiger partial charge in [0.2, 0.25) is 11.8 Å². The minimum atomic E-state index is -1.23. The number of carbonyl (C=O) groups excluding carboxylic acids is 2. The zero-order chi connectivity index (χ0) is 19.2. The van der Waals surface area contributed by atoms with E-state index >= 15 is 0 Å². The molecule has 2 amide bonds. The molecule has 8 nitrogen and oxygen atoms in total. The number of hydrogen-bond acceptors (Lipinski definition) is 5. The van der Waals surface area contributed by atoms with Crippen LogP contribution in [0.1, 0.15) is 44.6 Å². The fraction of sp³-hybridized carbons (Fsp3) is 0.611. The standard InChI is InChI=1S/C18H28N4O4/c1-4-19-17(20-10-11-22-15(23)6-5-7-16(22)24)21-12-18(3,25)14-9-8-13(2)26-14/h8-9,25H,4-7,10-12H2,1-3H3,(H2,19,20,21). The van der Waals surface area contributed by atoms with Crippen molar-refractivity contribution in [3.63, 3.8) is 0 Å². The van der Waals surface area contributed by atoms with Crippen molar-refractivity contribution in [3.05, 3.63) is 23.7 Å². The molecule has 144 valence electrons. The monoisotopic (exact) mass is 364 g/mol. The number of aryl methyl sites for hydroxylation is 1. The summed E-state index contributed by atoms with van der Waals surface area (Å²) >= 11 is 0. The molecule has 3 N–H and O–H groups in total. The lowest BCUT2D eigenvalue weighted by Crippen LogP contribution is -2.46. The summed E-state index contributed by atoms with van der Waals surface area (Å²) in [4.78, 5) is 29.3. The highest BCUT2D eigenvalue weighted by molar-refractivity contribution is 5.97. The van der Waals surface area contributed by atoms with Gasteiger partial charge >= 0.3 is 0 Å². The Hall–Kier alpha value is -2.35. The Balaban J connectivity index is 1.91. The molecule has 0 bridgehead atoms. The van der Waals surface area contributed by atoms with Gasteiger partial charge in [-0.1, -0.05) is 0 Å². The Morgan fingerprint density at radius 3 is 2.58 bits per heavy atom. The van der Waals surface area contributed by atoms with Crippen LogP contribution in [0.2, 0.25) is 0 Å². The van der Waals surface area contributed by atoms with Crippen LogP contribution in [0.25, 0.3) is 0 Å². The Labute approximate surface area is 153 Å². The summed E-state index contributed by atoms with van der Waals surface area (Å²) in [6.45, 7) is 6.84. The van der Waals surface area contributed by atoms with Gasteiger partial charge in [-0.15, -0.1) is 0 Å². The molecular weight excluding hydrogens is 336 g/mol. The maximum atomic E-state index is 11.8. The lowest BCUT2D eigenvalue weighted by molar-refractivity contribution is -0.147. The summed E-state index contributed by atoms with van der Waals surface area (Å²) in [6, 6.07) is 3.53. The van der Waals surface area contributed by atoms with Crippen molar-refractivity contribution in [2.24, 2.45) is 4.99 Å². The van der Waals surface area contributed by atoms with E-state index in [0.717, 1.165) is 5.76 Å². The van der Waals surface area contributed by atoms with E-state index in [1.165, 1.54) is 4.90 Å². The van der Waals surface area contributed by atoms with E-state index in [4.69, 9.17) is 4.42 Å². The molecule has 2 rings (SSSR count). The highest BCUT2D eigenvalue weighted by atomic mass is 16.4. The predicted molar refractivity (Wildman–Crippen MR) is 97.6 cm³/mol. The van der Waals surface area contributed by atoms with Crippen LogP contribution in [0.4, 0.5) is 0 Å². The number of imide groups is 1. The zero-order valence-electron chi connectivity index (χ0n) is 15.7. The third kappa shape index (κ3) is 5.32. The van der Waals surface area contributed by atoms with Crippen LogP contribution < -0.4 is 10.6 Å². The lowest BCUT2D eigenvalue weighted by Gasteiger charge is -2.25. The van der Waals surface area contributed by atoms with Crippen molar-refractivity contribution in [2.45, 2.75) is 45.6 Å². The molecule has 1 saturated heterocycles. The number of guanidine groups is 1. The van der Waals surface area contributed by atoms with E-state index in [1.54, 1.807) is 19.1 Å². The van der Waals surface area contributed by atoms with Gasteiger partial charge < -0.3 is 20.2 Å². The quantitative estimate of drug-likeness (QED) is 0.377. The van der Waals surface area contributed by atoms with Gasteiger partial charge in [0, 0.05) is 32.5 Å². The van der Waals surface area contributed by atoms with Gasteiger partial charge in [0.25, 0.3) is 0 Å². The highest BCUT2D eigenvalue weighted by Gasteiger charge is 2.27. The largest absolute Gasteiger partial charge is 0.463 e. The maximum absolute atomic E-state index is 11.8. The number of aliphatic hydroxyl groups is 1. The fourth-order valence-electron chi connectivity index (χ4n) is 2.71. The van der Waals surface area contributed by atoms with Crippen LogP contribution in [-0.2, 0) is 15.2 Å². The van der Waals surface area contributed by atoms with Gasteiger partial charge in [0.05, 0.1) is 6.54 Å². The van der Waals surface area contributed by atoms with Crippen molar-refractivity contribution in [1.29, 1.82) is 0 Å². The van der Waals surface area contributed by atoms with E-state index in [9.17, 15) is 14.7 Å². The minimum absolute atomic E-state index is 0.108. The van der Waals surface area contributed by atoms with Gasteiger partial charge in [-0.2, -0.15) is 0 Å². The zero-order valence-corrected chi connectivity index (χ0v) is 15.7. The molecule has 1 fully saturated rings. The number of nitrogens with one attached hydrogen (secondary N) is 2. The molecule has 26 heavy (non-hydrogen) atoms. The van der Waals surface area contributed by atoms with Gasteiger partial charge in [0.15, 0.2) is 5.96 Å². The Morgan fingerprint density at radius 2 is 2.00 bits per heavy atom. The predicted octanol–water partition coefficient (Wildman–Crippen LogP) is 0.890. The SMILES string of the molecule is CCNC(=NCC(C)(O)c1ccc(C)o1)NCCN1C(=O)CCCC1=O. The summed E-state index contributed by atoms with van der Waals surface area (Å²) in [5.74, 6) is 1.44. The molecule has 1 aliphatic rings. The van der Waals surface area contributed by atoms with Crippen molar-refractivity contribution >= 4 is 17.8 Å². The lowest BCUT2D eigenvalue weighted by atomic mass is 10.0. The molecule has 0 spiro atoms. The molecule has 0 aliphatic carbocycles. The van der Waals surface area contributed by atoms with Crippen LogP contribution in [0.15, 0.2) is 21.5 Å². The maximum Gasteiger partial charge on any atom is 0.229 e. The Morgan fingerprint density at radius 1 is 1.31 bits per heavy atom. The fourth-order valence-corrected chi connectivity index (χ4v) is 2.71. The highest BCUT2D eigenvalue weighted by Crippen LogP contribution is 2.23. The van der Waals surface area contributed by atoms with Crippen molar-refractivity contribution in [3.8, 4) is 0 Å². The Bertz CT molecular complexity index is 650. The number of nitrogens with zero attached hydrogens (tertiary/aromatic N) is 2. The molecule has 0 radical (unpaired) electrons. The molecular formula is C18H28N4O4. The topological polar surface area (TPSA) is 107 Å². The van der Waals surface area contributed by atoms with Crippen LogP contribution in [0, 0.1) is 6.92 Å². The van der Waals surface area contributed by atoms with E-state index in [-0.39, 0.29) is 18.4 Å². The van der Waals surface area contributed by atoms with E-state index in [0.29, 0.717) is 50.6 Å². The number of amides is 2. The number of furan rings is 1. The summed E-state index contributed by atoms with van der Waals surface area (Å²) in [5, 5.41) is 16.7. The second-order valence-corrected chi connectivity index (χ2v) is 6.60.